The van der Waals surface area contributed by atoms with E-state index >= 15 is 0 Å². The zero-order valence-corrected chi connectivity index (χ0v) is 12.2. The second kappa shape index (κ2) is 6.42. The van der Waals surface area contributed by atoms with Gasteiger partial charge in [-0.15, -0.1) is 0 Å². The molecule has 0 spiro atoms. The third-order valence-electron chi connectivity index (χ3n) is 4.44. The average molecular weight is 262 g/mol. The Kier molecular flexibility index (Phi) is 4.87. The molecular weight excluding hydrogens is 236 g/mol. The van der Waals surface area contributed by atoms with Crippen molar-refractivity contribution in [2.75, 3.05) is 7.11 Å². The average Bonchev–Trinajstić information content (AvgIpc) is 2.42. The molecule has 1 aliphatic carbocycles. The normalized spacial score (nSPS) is 27.2. The fourth-order valence-electron chi connectivity index (χ4n) is 3.29. The van der Waals surface area contributed by atoms with Crippen LogP contribution in [0.15, 0.2) is 24.3 Å². The number of para-hydroxylation sites is 1. The van der Waals surface area contributed by atoms with E-state index in [4.69, 9.17) is 4.74 Å². The van der Waals surface area contributed by atoms with Crippen molar-refractivity contribution in [2.24, 2.45) is 5.92 Å². The van der Waals surface area contributed by atoms with E-state index in [1.165, 1.54) is 25.7 Å². The zero-order valence-electron chi connectivity index (χ0n) is 12.2. The largest absolute Gasteiger partial charge is 0.496 e. The molecule has 0 amide bonds. The molecule has 1 aliphatic rings. The summed E-state index contributed by atoms with van der Waals surface area (Å²) >= 11 is 0. The molecule has 0 radical (unpaired) electrons. The Hall–Kier alpha value is -1.02. The summed E-state index contributed by atoms with van der Waals surface area (Å²) in [6.45, 7) is 2.25. The van der Waals surface area contributed by atoms with E-state index < -0.39 is 5.60 Å². The van der Waals surface area contributed by atoms with Gasteiger partial charge in [-0.3, -0.25) is 0 Å². The fourth-order valence-corrected chi connectivity index (χ4v) is 3.29. The summed E-state index contributed by atoms with van der Waals surface area (Å²) < 4.78 is 5.38. The van der Waals surface area contributed by atoms with Crippen molar-refractivity contribution in [2.45, 2.75) is 57.5 Å². The first-order valence-corrected chi connectivity index (χ1v) is 7.51. The topological polar surface area (TPSA) is 29.5 Å². The molecule has 2 heteroatoms. The van der Waals surface area contributed by atoms with Crippen molar-refractivity contribution in [1.29, 1.82) is 0 Å². The summed E-state index contributed by atoms with van der Waals surface area (Å²) in [6, 6.07) is 8.03. The molecule has 1 N–H and O–H groups in total. The van der Waals surface area contributed by atoms with Crippen LogP contribution in [0, 0.1) is 5.92 Å². The van der Waals surface area contributed by atoms with Gasteiger partial charge in [0, 0.05) is 6.42 Å². The van der Waals surface area contributed by atoms with Crippen LogP contribution in [-0.2, 0) is 6.42 Å². The van der Waals surface area contributed by atoms with Crippen LogP contribution in [0.2, 0.25) is 0 Å². The Bertz CT molecular complexity index is 392. The molecule has 0 saturated heterocycles. The van der Waals surface area contributed by atoms with Crippen molar-refractivity contribution in [3.05, 3.63) is 29.8 Å². The Morgan fingerprint density at radius 3 is 2.58 bits per heavy atom. The number of rotatable bonds is 5. The molecule has 0 aromatic heterocycles. The molecule has 1 aromatic rings. The minimum Gasteiger partial charge on any atom is -0.496 e. The van der Waals surface area contributed by atoms with Gasteiger partial charge in [0.2, 0.25) is 0 Å². The molecule has 0 atom stereocenters. The second-order valence-corrected chi connectivity index (χ2v) is 5.95. The monoisotopic (exact) mass is 262 g/mol. The van der Waals surface area contributed by atoms with Gasteiger partial charge in [0.05, 0.1) is 12.7 Å². The molecule has 2 rings (SSSR count). The maximum Gasteiger partial charge on any atom is 0.122 e. The first kappa shape index (κ1) is 14.4. The van der Waals surface area contributed by atoms with E-state index in [1.807, 2.05) is 18.2 Å². The maximum absolute atomic E-state index is 10.8. The molecule has 0 unspecified atom stereocenters. The summed E-state index contributed by atoms with van der Waals surface area (Å²) in [5.74, 6) is 1.72. The van der Waals surface area contributed by atoms with E-state index in [0.29, 0.717) is 0 Å². The third kappa shape index (κ3) is 3.73. The quantitative estimate of drug-likeness (QED) is 0.870. The van der Waals surface area contributed by atoms with E-state index in [9.17, 15) is 5.11 Å². The van der Waals surface area contributed by atoms with Gasteiger partial charge in [-0.2, -0.15) is 0 Å². The highest BCUT2D eigenvalue weighted by Crippen LogP contribution is 2.37. The number of benzene rings is 1. The van der Waals surface area contributed by atoms with Gasteiger partial charge >= 0.3 is 0 Å². The van der Waals surface area contributed by atoms with Crippen LogP contribution in [0.5, 0.6) is 5.75 Å². The van der Waals surface area contributed by atoms with Crippen LogP contribution in [-0.4, -0.2) is 17.8 Å². The standard InChI is InChI=1S/C17H26O2/c1-3-6-14-9-11-17(18,12-10-14)13-15-7-4-5-8-16(15)19-2/h4-5,7-8,14,18H,3,6,9-13H2,1-2H3. The van der Waals surface area contributed by atoms with Crippen molar-refractivity contribution in [1.82, 2.24) is 0 Å². The predicted octanol–water partition coefficient (Wildman–Crippen LogP) is 3.96. The van der Waals surface area contributed by atoms with Crippen molar-refractivity contribution in [3.63, 3.8) is 0 Å². The van der Waals surface area contributed by atoms with Gasteiger partial charge in [-0.1, -0.05) is 38.0 Å². The van der Waals surface area contributed by atoms with Crippen molar-refractivity contribution in [3.8, 4) is 5.75 Å². The second-order valence-electron chi connectivity index (χ2n) is 5.95. The molecule has 19 heavy (non-hydrogen) atoms. The van der Waals surface area contributed by atoms with Gasteiger partial charge in [0.15, 0.2) is 0 Å². The lowest BCUT2D eigenvalue weighted by atomic mass is 9.74. The highest BCUT2D eigenvalue weighted by atomic mass is 16.5. The summed E-state index contributed by atoms with van der Waals surface area (Å²) in [5.41, 5.74) is 0.597. The Labute approximate surface area is 116 Å². The first-order valence-electron chi connectivity index (χ1n) is 7.51. The summed E-state index contributed by atoms with van der Waals surface area (Å²) in [7, 11) is 1.70. The Balaban J connectivity index is 1.99. The van der Waals surface area contributed by atoms with Gasteiger partial charge in [-0.25, -0.2) is 0 Å². The summed E-state index contributed by atoms with van der Waals surface area (Å²) in [6.07, 6.45) is 7.47. The van der Waals surface area contributed by atoms with E-state index in [-0.39, 0.29) is 0 Å². The molecule has 0 heterocycles. The lowest BCUT2D eigenvalue weighted by Crippen LogP contribution is -2.36. The molecule has 0 aliphatic heterocycles. The fraction of sp³-hybridized carbons (Fsp3) is 0.647. The molecule has 1 aromatic carbocycles. The minimum atomic E-state index is -0.529. The number of hydrogen-bond donors (Lipinski definition) is 1. The Morgan fingerprint density at radius 1 is 1.26 bits per heavy atom. The molecular formula is C17H26O2. The summed E-state index contributed by atoms with van der Waals surface area (Å²) in [5, 5.41) is 10.8. The van der Waals surface area contributed by atoms with E-state index in [1.54, 1.807) is 7.11 Å². The van der Waals surface area contributed by atoms with Crippen LogP contribution in [0.25, 0.3) is 0 Å². The van der Waals surface area contributed by atoms with Gasteiger partial charge in [0.1, 0.15) is 5.75 Å². The Morgan fingerprint density at radius 2 is 1.95 bits per heavy atom. The van der Waals surface area contributed by atoms with Crippen LogP contribution in [0.4, 0.5) is 0 Å². The molecule has 106 valence electrons. The molecule has 0 bridgehead atoms. The lowest BCUT2D eigenvalue weighted by Gasteiger charge is -2.36. The van der Waals surface area contributed by atoms with Crippen molar-refractivity contribution < 1.29 is 9.84 Å². The molecule has 1 fully saturated rings. The number of hydrogen-bond acceptors (Lipinski definition) is 2. The number of aliphatic hydroxyl groups is 1. The molecule has 2 nitrogen and oxygen atoms in total. The SMILES string of the molecule is CCCC1CCC(O)(Cc2ccccc2OC)CC1. The maximum atomic E-state index is 10.8. The van der Waals surface area contributed by atoms with Gasteiger partial charge < -0.3 is 9.84 Å². The third-order valence-corrected chi connectivity index (χ3v) is 4.44. The van der Waals surface area contributed by atoms with E-state index in [0.717, 1.165) is 36.5 Å². The highest BCUT2D eigenvalue weighted by Gasteiger charge is 2.33. The van der Waals surface area contributed by atoms with Gasteiger partial charge in [0.25, 0.3) is 0 Å². The highest BCUT2D eigenvalue weighted by molar-refractivity contribution is 5.34. The summed E-state index contributed by atoms with van der Waals surface area (Å²) in [4.78, 5) is 0. The van der Waals surface area contributed by atoms with Gasteiger partial charge in [-0.05, 0) is 43.2 Å². The van der Waals surface area contributed by atoms with Crippen LogP contribution >= 0.6 is 0 Å². The minimum absolute atomic E-state index is 0.529. The van der Waals surface area contributed by atoms with Crippen LogP contribution < -0.4 is 4.74 Å². The van der Waals surface area contributed by atoms with E-state index in [2.05, 4.69) is 13.0 Å². The smallest absolute Gasteiger partial charge is 0.122 e. The first-order chi connectivity index (χ1) is 9.17. The predicted molar refractivity (Wildman–Crippen MR) is 78.5 cm³/mol. The van der Waals surface area contributed by atoms with Crippen LogP contribution in [0.1, 0.15) is 51.0 Å². The van der Waals surface area contributed by atoms with Crippen molar-refractivity contribution >= 4 is 0 Å². The van der Waals surface area contributed by atoms with Crippen LogP contribution in [0.3, 0.4) is 0 Å². The molecule has 1 saturated carbocycles. The zero-order chi connectivity index (χ0) is 13.7. The lowest BCUT2D eigenvalue weighted by molar-refractivity contribution is -0.0103. The number of ether oxygens (including phenoxy) is 1. The number of methoxy groups -OCH3 is 1.